The van der Waals surface area contributed by atoms with Gasteiger partial charge in [0.1, 0.15) is 30.0 Å². The zero-order valence-electron chi connectivity index (χ0n) is 17.2. The van der Waals surface area contributed by atoms with Crippen LogP contribution in [0.5, 0.6) is 11.5 Å². The molecule has 0 bridgehead atoms. The normalized spacial score (nSPS) is 15.1. The Balaban J connectivity index is 1.39. The number of aryl methyl sites for hydroxylation is 1. The van der Waals surface area contributed by atoms with Crippen molar-refractivity contribution >= 4 is 28.9 Å². The number of carbonyl (C=O) groups is 1. The third-order valence-corrected chi connectivity index (χ3v) is 5.42. The number of para-hydroxylation sites is 2. The van der Waals surface area contributed by atoms with Crippen LogP contribution < -0.4 is 19.7 Å². The molecule has 1 heterocycles. The fraction of sp³-hybridized carbons (Fsp3) is 0.208. The lowest BCUT2D eigenvalue weighted by Gasteiger charge is -2.33. The first-order chi connectivity index (χ1) is 14.9. The zero-order valence-corrected chi connectivity index (χ0v) is 17.9. The van der Waals surface area contributed by atoms with E-state index >= 15 is 0 Å². The molecule has 1 amide bonds. The molecule has 0 spiro atoms. The van der Waals surface area contributed by atoms with Crippen LogP contribution in [0.1, 0.15) is 15.9 Å². The minimum absolute atomic E-state index is 0.108. The number of anilines is 2. The first kappa shape index (κ1) is 21.0. The smallest absolute Gasteiger partial charge is 0.255 e. The second kappa shape index (κ2) is 8.86. The highest BCUT2D eigenvalue weighted by molar-refractivity contribution is 6.33. The summed E-state index contributed by atoms with van der Waals surface area (Å²) >= 11 is 5.99. The Morgan fingerprint density at radius 3 is 2.81 bits per heavy atom. The Morgan fingerprint density at radius 2 is 2.03 bits per heavy atom. The van der Waals surface area contributed by atoms with Crippen LogP contribution in [0.2, 0.25) is 5.02 Å². The van der Waals surface area contributed by atoms with E-state index in [1.165, 1.54) is 12.1 Å². The van der Waals surface area contributed by atoms with Crippen LogP contribution in [0.15, 0.2) is 60.7 Å². The van der Waals surface area contributed by atoms with Crippen molar-refractivity contribution in [3.63, 3.8) is 0 Å². The monoisotopic (exact) mass is 440 g/mol. The van der Waals surface area contributed by atoms with E-state index in [0.717, 1.165) is 29.6 Å². The Kier molecular flexibility index (Phi) is 6.00. The molecular weight excluding hydrogens is 419 g/mol. The second-order valence-corrected chi connectivity index (χ2v) is 7.86. The van der Waals surface area contributed by atoms with Crippen molar-refractivity contribution in [3.8, 4) is 11.5 Å². The van der Waals surface area contributed by atoms with E-state index < -0.39 is 5.82 Å². The molecule has 0 saturated heterocycles. The van der Waals surface area contributed by atoms with Crippen LogP contribution in [0, 0.1) is 12.7 Å². The van der Waals surface area contributed by atoms with Crippen LogP contribution in [-0.4, -0.2) is 32.2 Å². The van der Waals surface area contributed by atoms with Crippen molar-refractivity contribution < 1.29 is 18.7 Å². The molecule has 0 saturated carbocycles. The average Bonchev–Trinajstić information content (AvgIpc) is 2.74. The number of benzene rings is 3. The number of nitrogens with one attached hydrogen (secondary N) is 1. The fourth-order valence-corrected chi connectivity index (χ4v) is 3.74. The summed E-state index contributed by atoms with van der Waals surface area (Å²) < 4.78 is 25.2. The lowest BCUT2D eigenvalue weighted by molar-refractivity contribution is 0.102. The highest BCUT2D eigenvalue weighted by atomic mass is 35.5. The number of likely N-dealkylation sites (N-methyl/N-ethyl adjacent to an activating group) is 1. The molecule has 31 heavy (non-hydrogen) atoms. The summed E-state index contributed by atoms with van der Waals surface area (Å²) in [4.78, 5) is 14.8. The van der Waals surface area contributed by atoms with Gasteiger partial charge in [0.25, 0.3) is 5.91 Å². The van der Waals surface area contributed by atoms with Gasteiger partial charge in [-0.15, -0.1) is 0 Å². The summed E-state index contributed by atoms with van der Waals surface area (Å²) in [5, 5.41) is 2.85. The third kappa shape index (κ3) is 4.75. The van der Waals surface area contributed by atoms with Crippen LogP contribution in [0.4, 0.5) is 15.8 Å². The number of hydrogen-bond acceptors (Lipinski definition) is 4. The molecule has 0 unspecified atom stereocenters. The Morgan fingerprint density at radius 1 is 1.23 bits per heavy atom. The second-order valence-electron chi connectivity index (χ2n) is 7.45. The minimum Gasteiger partial charge on any atom is -0.490 e. The van der Waals surface area contributed by atoms with Gasteiger partial charge >= 0.3 is 0 Å². The number of fused-ring (bicyclic) bond motifs is 1. The molecule has 1 atom stereocenters. The molecule has 5 nitrogen and oxygen atoms in total. The van der Waals surface area contributed by atoms with E-state index in [4.69, 9.17) is 21.1 Å². The molecule has 4 rings (SSSR count). The summed E-state index contributed by atoms with van der Waals surface area (Å²) in [6.45, 7) is 2.93. The maximum atomic E-state index is 13.2. The molecule has 3 aromatic rings. The van der Waals surface area contributed by atoms with Gasteiger partial charge < -0.3 is 19.7 Å². The molecule has 7 heteroatoms. The van der Waals surface area contributed by atoms with Crippen molar-refractivity contribution in [1.82, 2.24) is 0 Å². The molecular formula is C24H22ClFN2O3. The highest BCUT2D eigenvalue weighted by Gasteiger charge is 2.23. The van der Waals surface area contributed by atoms with Gasteiger partial charge in [-0.2, -0.15) is 0 Å². The average molecular weight is 441 g/mol. The largest absolute Gasteiger partial charge is 0.490 e. The van der Waals surface area contributed by atoms with E-state index in [9.17, 15) is 9.18 Å². The predicted molar refractivity (Wildman–Crippen MR) is 120 cm³/mol. The molecule has 1 N–H and O–H groups in total. The van der Waals surface area contributed by atoms with Crippen molar-refractivity contribution in [3.05, 3.63) is 82.6 Å². The highest BCUT2D eigenvalue weighted by Crippen LogP contribution is 2.32. The number of ether oxygens (including phenoxy) is 2. The summed E-state index contributed by atoms with van der Waals surface area (Å²) in [5.74, 6) is 0.704. The van der Waals surface area contributed by atoms with E-state index in [1.807, 2.05) is 44.3 Å². The van der Waals surface area contributed by atoms with Crippen LogP contribution in [0.25, 0.3) is 0 Å². The van der Waals surface area contributed by atoms with E-state index in [0.29, 0.717) is 23.6 Å². The van der Waals surface area contributed by atoms with Crippen molar-refractivity contribution in [2.45, 2.75) is 13.0 Å². The number of nitrogens with zero attached hydrogens (tertiary/aromatic N) is 1. The first-order valence-corrected chi connectivity index (χ1v) is 10.2. The topological polar surface area (TPSA) is 50.8 Å². The summed E-state index contributed by atoms with van der Waals surface area (Å²) in [5.41, 5.74) is 2.65. The molecule has 1 aliphatic heterocycles. The standard InChI is InChI=1S/C24H22ClFN2O3/c1-15-11-17(30-14-18-13-28(2)22-5-3-4-6-23(22)31-18)8-9-19(15)24(29)27-21-10-7-16(26)12-20(21)25/h3-12,18H,13-14H2,1-2H3,(H,27,29)/t18-/m0/s1. The van der Waals surface area contributed by atoms with Gasteiger partial charge in [0.05, 0.1) is 22.9 Å². The number of amides is 1. The van der Waals surface area contributed by atoms with E-state index in [1.54, 1.807) is 12.1 Å². The minimum atomic E-state index is -0.461. The number of halogens is 2. The molecule has 0 radical (unpaired) electrons. The van der Waals surface area contributed by atoms with Crippen LogP contribution >= 0.6 is 11.6 Å². The Hall–Kier alpha value is -3.25. The van der Waals surface area contributed by atoms with Crippen LogP contribution in [-0.2, 0) is 0 Å². The van der Waals surface area contributed by atoms with Gasteiger partial charge in [-0.05, 0) is 61.0 Å². The number of hydrogen-bond donors (Lipinski definition) is 1. The van der Waals surface area contributed by atoms with Crippen LogP contribution in [0.3, 0.4) is 0 Å². The Bertz CT molecular complexity index is 1120. The van der Waals surface area contributed by atoms with Gasteiger partial charge in [0, 0.05) is 12.6 Å². The number of rotatable bonds is 5. The van der Waals surface area contributed by atoms with Gasteiger partial charge in [0.15, 0.2) is 0 Å². The molecule has 0 fully saturated rings. The zero-order chi connectivity index (χ0) is 22.0. The predicted octanol–water partition coefficient (Wildman–Crippen LogP) is 5.32. The molecule has 0 aromatic heterocycles. The van der Waals surface area contributed by atoms with E-state index in [2.05, 4.69) is 10.2 Å². The van der Waals surface area contributed by atoms with Gasteiger partial charge in [-0.1, -0.05) is 23.7 Å². The van der Waals surface area contributed by atoms with Gasteiger partial charge in [-0.3, -0.25) is 4.79 Å². The van der Waals surface area contributed by atoms with Crippen molar-refractivity contribution in [2.24, 2.45) is 0 Å². The molecule has 3 aromatic carbocycles. The van der Waals surface area contributed by atoms with E-state index in [-0.39, 0.29) is 17.0 Å². The number of carbonyl (C=O) groups excluding carboxylic acids is 1. The maximum absolute atomic E-state index is 13.2. The summed E-state index contributed by atoms with van der Waals surface area (Å²) in [6, 6.07) is 17.0. The quantitative estimate of drug-likeness (QED) is 0.583. The van der Waals surface area contributed by atoms with Gasteiger partial charge in [-0.25, -0.2) is 4.39 Å². The molecule has 0 aliphatic carbocycles. The SMILES string of the molecule is Cc1cc(OC[C@@H]2CN(C)c3ccccc3O2)ccc1C(=O)Nc1ccc(F)cc1Cl. The third-order valence-electron chi connectivity index (χ3n) is 5.11. The van der Waals surface area contributed by atoms with Crippen molar-refractivity contribution in [2.75, 3.05) is 30.4 Å². The Labute approximate surface area is 185 Å². The van der Waals surface area contributed by atoms with Gasteiger partial charge in [0.2, 0.25) is 0 Å². The molecule has 160 valence electrons. The lowest BCUT2D eigenvalue weighted by atomic mass is 10.1. The maximum Gasteiger partial charge on any atom is 0.255 e. The van der Waals surface area contributed by atoms with Crippen molar-refractivity contribution in [1.29, 1.82) is 0 Å². The lowest BCUT2D eigenvalue weighted by Crippen LogP contribution is -2.41. The summed E-state index contributed by atoms with van der Waals surface area (Å²) in [6.07, 6.45) is -0.108. The fourth-order valence-electron chi connectivity index (χ4n) is 3.53. The molecule has 1 aliphatic rings. The first-order valence-electron chi connectivity index (χ1n) is 9.87. The summed E-state index contributed by atoms with van der Waals surface area (Å²) in [7, 11) is 2.03.